The number of carbonyl (C=O) groups is 2. The topological polar surface area (TPSA) is 96.9 Å². The minimum atomic E-state index is -0.910. The molecule has 0 aliphatic carbocycles. The number of rotatable bonds is 5. The average molecular weight is 296 g/mol. The van der Waals surface area contributed by atoms with Gasteiger partial charge in [-0.2, -0.15) is 0 Å². The van der Waals surface area contributed by atoms with Gasteiger partial charge in [0.25, 0.3) is 5.91 Å². The highest BCUT2D eigenvalue weighted by atomic mass is 16.5. The molecule has 116 valence electrons. The molecule has 0 aliphatic heterocycles. The maximum Gasteiger partial charge on any atom is 0.321 e. The first-order valence-corrected chi connectivity index (χ1v) is 6.44. The summed E-state index contributed by atoms with van der Waals surface area (Å²) in [5.74, 6) is 0.269. The number of carbonyl (C=O) groups excluding carboxylic acids is 2. The van der Waals surface area contributed by atoms with Gasteiger partial charge < -0.3 is 19.9 Å². The SMILES string of the molecule is CNC(=O)NC(=O)C(C)Oc1cc(OC)ccc1[C@@H](C)O. The summed E-state index contributed by atoms with van der Waals surface area (Å²) >= 11 is 0. The molecule has 0 fully saturated rings. The third-order valence-corrected chi connectivity index (χ3v) is 2.81. The van der Waals surface area contributed by atoms with Gasteiger partial charge in [-0.3, -0.25) is 10.1 Å². The first-order chi connectivity index (χ1) is 9.88. The molecule has 1 aromatic rings. The van der Waals surface area contributed by atoms with Gasteiger partial charge in [0.1, 0.15) is 11.5 Å². The fourth-order valence-electron chi connectivity index (χ4n) is 1.61. The fraction of sp³-hybridized carbons (Fsp3) is 0.429. The van der Waals surface area contributed by atoms with Crippen LogP contribution < -0.4 is 20.1 Å². The van der Waals surface area contributed by atoms with Crippen LogP contribution in [-0.2, 0) is 4.79 Å². The summed E-state index contributed by atoms with van der Waals surface area (Å²) in [6.45, 7) is 3.09. The summed E-state index contributed by atoms with van der Waals surface area (Å²) in [5, 5.41) is 14.1. The largest absolute Gasteiger partial charge is 0.497 e. The Balaban J connectivity index is 2.89. The molecule has 0 heterocycles. The van der Waals surface area contributed by atoms with Crippen LogP contribution in [0.3, 0.4) is 0 Å². The number of aliphatic hydroxyl groups excluding tert-OH is 1. The van der Waals surface area contributed by atoms with Crippen LogP contribution in [0, 0.1) is 0 Å². The minimum Gasteiger partial charge on any atom is -0.497 e. The van der Waals surface area contributed by atoms with Crippen LogP contribution in [0.4, 0.5) is 4.79 Å². The van der Waals surface area contributed by atoms with E-state index >= 15 is 0 Å². The van der Waals surface area contributed by atoms with Crippen molar-refractivity contribution in [3.8, 4) is 11.5 Å². The minimum absolute atomic E-state index is 0.323. The second-order valence-corrected chi connectivity index (χ2v) is 4.41. The number of urea groups is 1. The molecular formula is C14H20N2O5. The summed E-state index contributed by atoms with van der Waals surface area (Å²) in [6.07, 6.45) is -1.67. The van der Waals surface area contributed by atoms with Gasteiger partial charge in [-0.05, 0) is 26.0 Å². The molecule has 7 heteroatoms. The van der Waals surface area contributed by atoms with Crippen molar-refractivity contribution in [3.05, 3.63) is 23.8 Å². The van der Waals surface area contributed by atoms with Gasteiger partial charge in [0.2, 0.25) is 0 Å². The van der Waals surface area contributed by atoms with E-state index in [-0.39, 0.29) is 0 Å². The van der Waals surface area contributed by atoms with Crippen LogP contribution >= 0.6 is 0 Å². The number of benzene rings is 1. The normalized spacial score (nSPS) is 13.0. The molecule has 0 spiro atoms. The number of hydrogen-bond acceptors (Lipinski definition) is 5. The highest BCUT2D eigenvalue weighted by Gasteiger charge is 2.20. The van der Waals surface area contributed by atoms with E-state index in [9.17, 15) is 14.7 Å². The van der Waals surface area contributed by atoms with Crippen molar-refractivity contribution in [2.75, 3.05) is 14.2 Å². The molecular weight excluding hydrogens is 276 g/mol. The second-order valence-electron chi connectivity index (χ2n) is 4.41. The van der Waals surface area contributed by atoms with Gasteiger partial charge in [-0.15, -0.1) is 0 Å². The molecule has 0 aliphatic rings. The molecule has 1 aromatic carbocycles. The van der Waals surface area contributed by atoms with Crippen molar-refractivity contribution in [2.24, 2.45) is 0 Å². The van der Waals surface area contributed by atoms with E-state index in [2.05, 4.69) is 10.6 Å². The lowest BCUT2D eigenvalue weighted by atomic mass is 10.1. The Kier molecular flexibility index (Phi) is 5.98. The van der Waals surface area contributed by atoms with E-state index in [1.165, 1.54) is 21.1 Å². The highest BCUT2D eigenvalue weighted by Crippen LogP contribution is 2.30. The van der Waals surface area contributed by atoms with E-state index in [4.69, 9.17) is 9.47 Å². The van der Waals surface area contributed by atoms with E-state index in [1.807, 2.05) is 0 Å². The van der Waals surface area contributed by atoms with Gasteiger partial charge in [0.05, 0.1) is 13.2 Å². The van der Waals surface area contributed by atoms with Crippen molar-refractivity contribution in [2.45, 2.75) is 26.1 Å². The van der Waals surface area contributed by atoms with Gasteiger partial charge in [-0.25, -0.2) is 4.79 Å². The predicted octanol–water partition coefficient (Wildman–Crippen LogP) is 0.971. The van der Waals surface area contributed by atoms with E-state index in [0.717, 1.165) is 0 Å². The Morgan fingerprint density at radius 1 is 1.29 bits per heavy atom. The summed E-state index contributed by atoms with van der Waals surface area (Å²) in [4.78, 5) is 22.9. The summed E-state index contributed by atoms with van der Waals surface area (Å²) < 4.78 is 10.6. The molecule has 3 N–H and O–H groups in total. The van der Waals surface area contributed by atoms with Gasteiger partial charge in [0, 0.05) is 18.7 Å². The van der Waals surface area contributed by atoms with Crippen LogP contribution in [-0.4, -0.2) is 37.3 Å². The standard InChI is InChI=1S/C14H20N2O5/c1-8(17)11-6-5-10(20-4)7-12(11)21-9(2)13(18)16-14(19)15-3/h5-9,17H,1-4H3,(H2,15,16,18,19)/t8-,9?/m1/s1. The summed E-state index contributed by atoms with van der Waals surface area (Å²) in [7, 11) is 2.91. The highest BCUT2D eigenvalue weighted by molar-refractivity contribution is 5.96. The smallest absolute Gasteiger partial charge is 0.321 e. The second kappa shape index (κ2) is 7.49. The van der Waals surface area contributed by atoms with Crippen LogP contribution in [0.1, 0.15) is 25.5 Å². The molecule has 2 atom stereocenters. The molecule has 0 radical (unpaired) electrons. The first kappa shape index (κ1) is 16.8. The van der Waals surface area contributed by atoms with Crippen LogP contribution in [0.2, 0.25) is 0 Å². The maximum absolute atomic E-state index is 11.8. The zero-order valence-corrected chi connectivity index (χ0v) is 12.5. The molecule has 0 aromatic heterocycles. The van der Waals surface area contributed by atoms with Crippen molar-refractivity contribution < 1.29 is 24.2 Å². The van der Waals surface area contributed by atoms with Crippen LogP contribution in [0.5, 0.6) is 11.5 Å². The maximum atomic E-state index is 11.8. The number of nitrogens with one attached hydrogen (secondary N) is 2. The Morgan fingerprint density at radius 2 is 1.95 bits per heavy atom. The zero-order chi connectivity index (χ0) is 16.0. The fourth-order valence-corrected chi connectivity index (χ4v) is 1.61. The van der Waals surface area contributed by atoms with Crippen LogP contribution in [0.15, 0.2) is 18.2 Å². The number of ether oxygens (including phenoxy) is 2. The van der Waals surface area contributed by atoms with Crippen molar-refractivity contribution >= 4 is 11.9 Å². The van der Waals surface area contributed by atoms with E-state index in [1.54, 1.807) is 25.1 Å². The third-order valence-electron chi connectivity index (χ3n) is 2.81. The van der Waals surface area contributed by atoms with Gasteiger partial charge >= 0.3 is 6.03 Å². The molecule has 0 saturated heterocycles. The van der Waals surface area contributed by atoms with Gasteiger partial charge in [0.15, 0.2) is 6.10 Å². The molecule has 0 bridgehead atoms. The lowest BCUT2D eigenvalue weighted by Crippen LogP contribution is -2.44. The Morgan fingerprint density at radius 3 is 2.48 bits per heavy atom. The van der Waals surface area contributed by atoms with Crippen LogP contribution in [0.25, 0.3) is 0 Å². The average Bonchev–Trinajstić information content (AvgIpc) is 2.46. The van der Waals surface area contributed by atoms with Crippen molar-refractivity contribution in [1.82, 2.24) is 10.6 Å². The molecule has 1 rings (SSSR count). The summed E-state index contributed by atoms with van der Waals surface area (Å²) in [5.41, 5.74) is 0.524. The molecule has 7 nitrogen and oxygen atoms in total. The van der Waals surface area contributed by atoms with E-state index in [0.29, 0.717) is 17.1 Å². The number of imide groups is 1. The number of hydrogen-bond donors (Lipinski definition) is 3. The zero-order valence-electron chi connectivity index (χ0n) is 12.5. The Bertz CT molecular complexity index is 516. The molecule has 3 amide bonds. The number of aliphatic hydroxyl groups is 1. The summed E-state index contributed by atoms with van der Waals surface area (Å²) in [6, 6.07) is 4.30. The Hall–Kier alpha value is -2.28. The van der Waals surface area contributed by atoms with E-state index < -0.39 is 24.1 Å². The molecule has 0 saturated carbocycles. The molecule has 1 unspecified atom stereocenters. The first-order valence-electron chi connectivity index (χ1n) is 6.44. The predicted molar refractivity (Wildman–Crippen MR) is 76.3 cm³/mol. The lowest BCUT2D eigenvalue weighted by Gasteiger charge is -2.18. The van der Waals surface area contributed by atoms with Crippen molar-refractivity contribution in [3.63, 3.8) is 0 Å². The lowest BCUT2D eigenvalue weighted by molar-refractivity contribution is -0.126. The quantitative estimate of drug-likeness (QED) is 0.752. The number of amides is 3. The number of methoxy groups -OCH3 is 1. The Labute approximate surface area is 123 Å². The monoisotopic (exact) mass is 296 g/mol. The van der Waals surface area contributed by atoms with Crippen molar-refractivity contribution in [1.29, 1.82) is 0 Å². The molecule has 21 heavy (non-hydrogen) atoms. The third kappa shape index (κ3) is 4.64. The van der Waals surface area contributed by atoms with Gasteiger partial charge in [-0.1, -0.05) is 0 Å².